The molecule has 0 saturated heterocycles. The van der Waals surface area contributed by atoms with Crippen molar-refractivity contribution in [1.82, 2.24) is 9.21 Å². The summed E-state index contributed by atoms with van der Waals surface area (Å²) in [4.78, 5) is 17.1. The van der Waals surface area contributed by atoms with E-state index in [1.54, 1.807) is 16.2 Å². The smallest absolute Gasteiger partial charge is 0.238 e. The summed E-state index contributed by atoms with van der Waals surface area (Å²) in [6.45, 7) is 5.98. The third-order valence-electron chi connectivity index (χ3n) is 4.39. The van der Waals surface area contributed by atoms with Gasteiger partial charge in [0.25, 0.3) is 0 Å². The molecule has 0 unspecified atom stereocenters. The van der Waals surface area contributed by atoms with Crippen LogP contribution >= 0.6 is 11.3 Å². The molecule has 0 saturated carbocycles. The first kappa shape index (κ1) is 23.5. The van der Waals surface area contributed by atoms with Gasteiger partial charge in [-0.2, -0.15) is 4.31 Å². The lowest BCUT2D eigenvalue weighted by molar-refractivity contribution is -0.132. The summed E-state index contributed by atoms with van der Waals surface area (Å²) in [6.07, 6.45) is 1.70. The van der Waals surface area contributed by atoms with E-state index in [-0.39, 0.29) is 19.0 Å². The molecule has 0 aliphatic rings. The summed E-state index contributed by atoms with van der Waals surface area (Å²) < 4.78 is 30.9. The minimum absolute atomic E-state index is 0.165. The number of amides is 1. The maximum Gasteiger partial charge on any atom is 0.238 e. The number of hydrogen-bond donors (Lipinski definition) is 0. The Morgan fingerprint density at radius 3 is 2.41 bits per heavy atom. The number of carbonyl (C=O) groups excluding carboxylic acids is 1. The van der Waals surface area contributed by atoms with E-state index in [1.807, 2.05) is 56.3 Å². The molecule has 6 nitrogen and oxygen atoms in total. The van der Waals surface area contributed by atoms with Gasteiger partial charge in [-0.25, -0.2) is 8.42 Å². The van der Waals surface area contributed by atoms with Crippen molar-refractivity contribution in [3.05, 3.63) is 57.8 Å². The van der Waals surface area contributed by atoms with Gasteiger partial charge in [0.1, 0.15) is 0 Å². The molecule has 1 heterocycles. The van der Waals surface area contributed by atoms with Crippen molar-refractivity contribution in [3.8, 4) is 0 Å². The van der Waals surface area contributed by atoms with Gasteiger partial charge in [-0.05, 0) is 38.0 Å². The van der Waals surface area contributed by atoms with Gasteiger partial charge in [-0.15, -0.1) is 11.3 Å². The Balaban J connectivity index is 2.12. The SMILES string of the molecule is CCOCCCN(CC(=O)N(Cc1ccccc1)Cc1ccc(C)s1)S(C)(=O)=O. The van der Waals surface area contributed by atoms with Gasteiger partial charge in [0, 0.05) is 36.1 Å². The minimum atomic E-state index is -3.49. The van der Waals surface area contributed by atoms with Gasteiger partial charge in [-0.3, -0.25) is 4.79 Å². The first-order valence-corrected chi connectivity index (χ1v) is 12.4. The van der Waals surface area contributed by atoms with E-state index in [2.05, 4.69) is 0 Å². The molecule has 29 heavy (non-hydrogen) atoms. The van der Waals surface area contributed by atoms with E-state index in [9.17, 15) is 13.2 Å². The predicted molar refractivity (Wildman–Crippen MR) is 117 cm³/mol. The van der Waals surface area contributed by atoms with Crippen molar-refractivity contribution in [2.45, 2.75) is 33.4 Å². The lowest BCUT2D eigenvalue weighted by Crippen LogP contribution is -2.42. The summed E-state index contributed by atoms with van der Waals surface area (Å²) in [6, 6.07) is 13.8. The van der Waals surface area contributed by atoms with Crippen molar-refractivity contribution < 1.29 is 17.9 Å². The second-order valence-corrected chi connectivity index (χ2v) is 10.2. The van der Waals surface area contributed by atoms with E-state index in [1.165, 1.54) is 9.18 Å². The number of benzene rings is 1. The zero-order valence-corrected chi connectivity index (χ0v) is 19.0. The number of sulfonamides is 1. The quantitative estimate of drug-likeness (QED) is 0.477. The van der Waals surface area contributed by atoms with Crippen molar-refractivity contribution in [1.29, 1.82) is 0 Å². The van der Waals surface area contributed by atoms with Crippen LogP contribution in [0.15, 0.2) is 42.5 Å². The van der Waals surface area contributed by atoms with Gasteiger partial charge in [0.05, 0.1) is 19.3 Å². The largest absolute Gasteiger partial charge is 0.382 e. The Morgan fingerprint density at radius 1 is 1.10 bits per heavy atom. The second kappa shape index (κ2) is 11.4. The van der Waals surface area contributed by atoms with Crippen LogP contribution in [0, 0.1) is 6.92 Å². The fourth-order valence-corrected chi connectivity index (χ4v) is 4.61. The van der Waals surface area contributed by atoms with Crippen LogP contribution in [0.2, 0.25) is 0 Å². The van der Waals surface area contributed by atoms with Crippen LogP contribution in [-0.4, -0.2) is 56.1 Å². The number of carbonyl (C=O) groups is 1. The number of aryl methyl sites for hydroxylation is 1. The highest BCUT2D eigenvalue weighted by Gasteiger charge is 2.24. The van der Waals surface area contributed by atoms with Crippen LogP contribution in [-0.2, 0) is 32.6 Å². The van der Waals surface area contributed by atoms with E-state index in [0.717, 1.165) is 16.7 Å². The van der Waals surface area contributed by atoms with Crippen LogP contribution < -0.4 is 0 Å². The summed E-state index contributed by atoms with van der Waals surface area (Å²) in [7, 11) is -3.49. The molecule has 0 bridgehead atoms. The molecule has 1 aromatic carbocycles. The number of ether oxygens (including phenoxy) is 1. The van der Waals surface area contributed by atoms with E-state index in [4.69, 9.17) is 4.74 Å². The highest BCUT2D eigenvalue weighted by atomic mass is 32.2. The molecule has 1 aromatic heterocycles. The third-order valence-corrected chi connectivity index (χ3v) is 6.63. The Hall–Kier alpha value is -1.74. The van der Waals surface area contributed by atoms with Crippen molar-refractivity contribution >= 4 is 27.3 Å². The highest BCUT2D eigenvalue weighted by molar-refractivity contribution is 7.88. The fraction of sp³-hybridized carbons (Fsp3) is 0.476. The molecule has 0 N–H and O–H groups in total. The van der Waals surface area contributed by atoms with Crippen LogP contribution in [0.3, 0.4) is 0 Å². The summed E-state index contributed by atoms with van der Waals surface area (Å²) in [5.41, 5.74) is 1.01. The van der Waals surface area contributed by atoms with Crippen LogP contribution in [0.5, 0.6) is 0 Å². The molecule has 0 spiro atoms. The molecular formula is C21H30N2O4S2. The van der Waals surface area contributed by atoms with E-state index in [0.29, 0.717) is 32.7 Å². The molecule has 0 aliphatic heterocycles. The highest BCUT2D eigenvalue weighted by Crippen LogP contribution is 2.19. The van der Waals surface area contributed by atoms with Crippen LogP contribution in [0.25, 0.3) is 0 Å². The molecule has 0 atom stereocenters. The molecule has 8 heteroatoms. The van der Waals surface area contributed by atoms with Crippen molar-refractivity contribution in [2.75, 3.05) is 32.6 Å². The van der Waals surface area contributed by atoms with Gasteiger partial charge in [-0.1, -0.05) is 30.3 Å². The zero-order valence-electron chi connectivity index (χ0n) is 17.3. The van der Waals surface area contributed by atoms with Crippen molar-refractivity contribution in [2.24, 2.45) is 0 Å². The Labute approximate surface area is 178 Å². The summed E-state index contributed by atoms with van der Waals surface area (Å²) in [5, 5.41) is 0. The Morgan fingerprint density at radius 2 is 1.83 bits per heavy atom. The molecule has 0 aliphatic carbocycles. The topological polar surface area (TPSA) is 66.9 Å². The zero-order chi connectivity index (χ0) is 21.3. The summed E-state index contributed by atoms with van der Waals surface area (Å²) in [5.74, 6) is -0.207. The van der Waals surface area contributed by atoms with Crippen LogP contribution in [0.1, 0.15) is 28.7 Å². The maximum absolute atomic E-state index is 13.1. The van der Waals surface area contributed by atoms with Gasteiger partial charge >= 0.3 is 0 Å². The van der Waals surface area contributed by atoms with E-state index >= 15 is 0 Å². The first-order valence-electron chi connectivity index (χ1n) is 9.69. The number of nitrogens with zero attached hydrogens (tertiary/aromatic N) is 2. The first-order chi connectivity index (χ1) is 13.8. The van der Waals surface area contributed by atoms with E-state index < -0.39 is 10.0 Å². The molecular weight excluding hydrogens is 408 g/mol. The van der Waals surface area contributed by atoms with Gasteiger partial charge in [0.15, 0.2) is 0 Å². The molecule has 2 rings (SSSR count). The lowest BCUT2D eigenvalue weighted by Gasteiger charge is -2.26. The predicted octanol–water partition coefficient (Wildman–Crippen LogP) is 3.27. The molecule has 160 valence electrons. The Bertz CT molecular complexity index is 866. The van der Waals surface area contributed by atoms with Gasteiger partial charge in [0.2, 0.25) is 15.9 Å². The Kier molecular flexibility index (Phi) is 9.29. The average molecular weight is 439 g/mol. The monoisotopic (exact) mass is 438 g/mol. The van der Waals surface area contributed by atoms with Crippen molar-refractivity contribution in [3.63, 3.8) is 0 Å². The minimum Gasteiger partial charge on any atom is -0.382 e. The summed E-state index contributed by atoms with van der Waals surface area (Å²) >= 11 is 1.65. The normalized spacial score (nSPS) is 11.7. The number of hydrogen-bond acceptors (Lipinski definition) is 5. The molecule has 1 amide bonds. The second-order valence-electron chi connectivity index (χ2n) is 6.89. The molecule has 2 aromatic rings. The third kappa shape index (κ3) is 8.26. The maximum atomic E-state index is 13.1. The molecule has 0 radical (unpaired) electrons. The lowest BCUT2D eigenvalue weighted by atomic mass is 10.2. The van der Waals surface area contributed by atoms with Crippen LogP contribution in [0.4, 0.5) is 0 Å². The average Bonchev–Trinajstić information content (AvgIpc) is 3.08. The standard InChI is InChI=1S/C21H30N2O4S2/c1-4-27-14-8-13-23(29(3,25)26)17-21(24)22(15-19-9-6-5-7-10-19)16-20-12-11-18(2)28-20/h5-7,9-12H,4,8,13-17H2,1-3H3. The molecule has 0 fully saturated rings. The number of thiophene rings is 1. The van der Waals surface area contributed by atoms with Gasteiger partial charge < -0.3 is 9.64 Å². The number of rotatable bonds is 12. The fourth-order valence-electron chi connectivity index (χ4n) is 2.89.